The second kappa shape index (κ2) is 4.80. The van der Waals surface area contributed by atoms with Gasteiger partial charge in [-0.05, 0) is 49.2 Å². The van der Waals surface area contributed by atoms with Crippen LogP contribution in [-0.2, 0) is 6.42 Å². The van der Waals surface area contributed by atoms with Gasteiger partial charge in [0.15, 0.2) is 0 Å². The summed E-state index contributed by atoms with van der Waals surface area (Å²) >= 11 is 3.45. The molecule has 1 aromatic carbocycles. The van der Waals surface area contributed by atoms with E-state index in [-0.39, 0.29) is 0 Å². The second-order valence-corrected chi connectivity index (χ2v) is 4.68. The normalized spacial score (nSPS) is 10.7. The number of benzene rings is 1. The van der Waals surface area contributed by atoms with Crippen molar-refractivity contribution in [1.29, 1.82) is 0 Å². The molecule has 2 aromatic rings. The fourth-order valence-electron chi connectivity index (χ4n) is 1.66. The van der Waals surface area contributed by atoms with Crippen LogP contribution in [0.3, 0.4) is 0 Å². The van der Waals surface area contributed by atoms with Crippen LogP contribution in [0.25, 0.3) is 5.69 Å². The Hall–Kier alpha value is -1.13. The molecule has 0 aliphatic carbocycles. The lowest BCUT2D eigenvalue weighted by Crippen LogP contribution is -2.01. The van der Waals surface area contributed by atoms with Crippen molar-refractivity contribution in [2.45, 2.75) is 13.3 Å². The Morgan fingerprint density at radius 1 is 1.44 bits per heavy atom. The molecule has 84 valence electrons. The molecule has 0 saturated carbocycles. The first-order chi connectivity index (χ1) is 7.70. The largest absolute Gasteiger partial charge is 0.330 e. The fraction of sp³-hybridized carbons (Fsp3) is 0.250. The molecule has 3 nitrogen and oxygen atoms in total. The summed E-state index contributed by atoms with van der Waals surface area (Å²) in [4.78, 5) is 0. The minimum atomic E-state index is 0.658. The molecule has 1 heterocycles. The Morgan fingerprint density at radius 2 is 2.25 bits per heavy atom. The number of aryl methyl sites for hydroxylation is 1. The molecular formula is C12H14BrN3. The zero-order valence-corrected chi connectivity index (χ0v) is 10.7. The van der Waals surface area contributed by atoms with Crippen molar-refractivity contribution in [3.8, 4) is 5.69 Å². The third-order valence-electron chi connectivity index (χ3n) is 2.47. The van der Waals surface area contributed by atoms with Crippen LogP contribution in [0.1, 0.15) is 11.1 Å². The maximum absolute atomic E-state index is 5.52. The van der Waals surface area contributed by atoms with Crippen molar-refractivity contribution >= 4 is 15.9 Å². The molecule has 0 radical (unpaired) electrons. The summed E-state index contributed by atoms with van der Waals surface area (Å²) in [5.41, 5.74) is 8.98. The van der Waals surface area contributed by atoms with Crippen molar-refractivity contribution in [2.24, 2.45) is 5.73 Å². The molecule has 16 heavy (non-hydrogen) atoms. The van der Waals surface area contributed by atoms with Gasteiger partial charge in [0.2, 0.25) is 0 Å². The fourth-order valence-corrected chi connectivity index (χ4v) is 2.14. The van der Waals surface area contributed by atoms with Crippen LogP contribution in [0, 0.1) is 6.92 Å². The summed E-state index contributed by atoms with van der Waals surface area (Å²) in [5, 5.41) is 4.34. The van der Waals surface area contributed by atoms with E-state index < -0.39 is 0 Å². The van der Waals surface area contributed by atoms with Crippen LogP contribution >= 0.6 is 15.9 Å². The van der Waals surface area contributed by atoms with Crippen molar-refractivity contribution in [3.63, 3.8) is 0 Å². The Bertz CT molecular complexity index is 491. The van der Waals surface area contributed by atoms with E-state index in [1.165, 1.54) is 11.1 Å². The first-order valence-electron chi connectivity index (χ1n) is 5.21. The van der Waals surface area contributed by atoms with Crippen molar-refractivity contribution in [2.75, 3.05) is 6.54 Å². The highest BCUT2D eigenvalue weighted by atomic mass is 79.9. The van der Waals surface area contributed by atoms with E-state index in [2.05, 4.69) is 40.1 Å². The van der Waals surface area contributed by atoms with E-state index in [1.54, 1.807) is 0 Å². The van der Waals surface area contributed by atoms with Gasteiger partial charge in [0.05, 0.1) is 11.9 Å². The molecule has 0 saturated heterocycles. The monoisotopic (exact) mass is 279 g/mol. The first-order valence-corrected chi connectivity index (χ1v) is 6.00. The van der Waals surface area contributed by atoms with Crippen LogP contribution in [0.5, 0.6) is 0 Å². The van der Waals surface area contributed by atoms with Gasteiger partial charge in [0.25, 0.3) is 0 Å². The zero-order chi connectivity index (χ0) is 11.5. The maximum atomic E-state index is 5.52. The van der Waals surface area contributed by atoms with E-state index in [9.17, 15) is 0 Å². The minimum absolute atomic E-state index is 0.658. The van der Waals surface area contributed by atoms with Crippen LogP contribution in [0.4, 0.5) is 0 Å². The molecular weight excluding hydrogens is 266 g/mol. The van der Waals surface area contributed by atoms with Crippen LogP contribution < -0.4 is 5.73 Å². The number of aromatic nitrogens is 2. The number of hydrogen-bond acceptors (Lipinski definition) is 2. The second-order valence-electron chi connectivity index (χ2n) is 3.76. The van der Waals surface area contributed by atoms with E-state index in [0.29, 0.717) is 6.54 Å². The van der Waals surface area contributed by atoms with Gasteiger partial charge in [-0.3, -0.25) is 0 Å². The lowest BCUT2D eigenvalue weighted by atomic mass is 10.2. The topological polar surface area (TPSA) is 43.8 Å². The highest BCUT2D eigenvalue weighted by Gasteiger charge is 2.03. The summed E-state index contributed by atoms with van der Waals surface area (Å²) < 4.78 is 2.98. The predicted molar refractivity (Wildman–Crippen MR) is 68.8 cm³/mol. The number of halogens is 1. The highest BCUT2D eigenvalue weighted by Crippen LogP contribution is 2.19. The molecule has 1 aromatic heterocycles. The van der Waals surface area contributed by atoms with E-state index in [1.807, 2.05) is 23.1 Å². The van der Waals surface area contributed by atoms with Gasteiger partial charge >= 0.3 is 0 Å². The molecule has 2 N–H and O–H groups in total. The Labute approximate surface area is 103 Å². The Morgan fingerprint density at radius 3 is 2.94 bits per heavy atom. The highest BCUT2D eigenvalue weighted by molar-refractivity contribution is 9.10. The Kier molecular flexibility index (Phi) is 3.41. The van der Waals surface area contributed by atoms with E-state index in [4.69, 9.17) is 5.73 Å². The standard InChI is InChI=1S/C12H14BrN3/c1-9-6-11(13)2-3-12(9)16-8-10(4-5-14)7-15-16/h2-3,6-8H,4-5,14H2,1H3. The molecule has 0 fully saturated rings. The minimum Gasteiger partial charge on any atom is -0.330 e. The quantitative estimate of drug-likeness (QED) is 0.938. The van der Waals surface area contributed by atoms with Crippen molar-refractivity contribution in [3.05, 3.63) is 46.2 Å². The molecule has 0 amide bonds. The molecule has 0 unspecified atom stereocenters. The van der Waals surface area contributed by atoms with E-state index in [0.717, 1.165) is 16.6 Å². The predicted octanol–water partition coefficient (Wildman–Crippen LogP) is 2.44. The lowest BCUT2D eigenvalue weighted by Gasteiger charge is -2.05. The van der Waals surface area contributed by atoms with Gasteiger partial charge in [-0.15, -0.1) is 0 Å². The maximum Gasteiger partial charge on any atom is 0.0675 e. The molecule has 0 spiro atoms. The van der Waals surface area contributed by atoms with Gasteiger partial charge < -0.3 is 5.73 Å². The third kappa shape index (κ3) is 2.33. The zero-order valence-electron chi connectivity index (χ0n) is 9.15. The number of rotatable bonds is 3. The third-order valence-corrected chi connectivity index (χ3v) is 2.97. The van der Waals surface area contributed by atoms with Gasteiger partial charge in [0.1, 0.15) is 0 Å². The van der Waals surface area contributed by atoms with Gasteiger partial charge in [-0.25, -0.2) is 4.68 Å². The smallest absolute Gasteiger partial charge is 0.0675 e. The summed E-state index contributed by atoms with van der Waals surface area (Å²) in [7, 11) is 0. The average Bonchev–Trinajstić information content (AvgIpc) is 2.67. The van der Waals surface area contributed by atoms with Gasteiger partial charge in [-0.1, -0.05) is 15.9 Å². The lowest BCUT2D eigenvalue weighted by molar-refractivity contribution is 0.871. The summed E-state index contributed by atoms with van der Waals surface area (Å²) in [6.07, 6.45) is 4.77. The number of hydrogen-bond donors (Lipinski definition) is 1. The molecule has 2 rings (SSSR count). The van der Waals surface area contributed by atoms with Crippen molar-refractivity contribution in [1.82, 2.24) is 9.78 Å². The summed E-state index contributed by atoms with van der Waals surface area (Å²) in [6.45, 7) is 2.73. The molecule has 0 aliphatic rings. The number of nitrogens with two attached hydrogens (primary N) is 1. The average molecular weight is 280 g/mol. The van der Waals surface area contributed by atoms with Crippen LogP contribution in [-0.4, -0.2) is 16.3 Å². The molecule has 4 heteroatoms. The molecule has 0 aliphatic heterocycles. The SMILES string of the molecule is Cc1cc(Br)ccc1-n1cc(CCN)cn1. The molecule has 0 bridgehead atoms. The summed E-state index contributed by atoms with van der Waals surface area (Å²) in [6, 6.07) is 6.16. The van der Waals surface area contributed by atoms with Gasteiger partial charge in [-0.2, -0.15) is 5.10 Å². The van der Waals surface area contributed by atoms with Gasteiger partial charge in [0, 0.05) is 10.7 Å². The van der Waals surface area contributed by atoms with Crippen LogP contribution in [0.15, 0.2) is 35.1 Å². The Balaban J connectivity index is 2.35. The summed E-state index contributed by atoms with van der Waals surface area (Å²) in [5.74, 6) is 0. The molecule has 0 atom stereocenters. The number of nitrogens with zero attached hydrogens (tertiary/aromatic N) is 2. The van der Waals surface area contributed by atoms with Crippen molar-refractivity contribution < 1.29 is 0 Å². The van der Waals surface area contributed by atoms with Crippen LogP contribution in [0.2, 0.25) is 0 Å². The first kappa shape index (κ1) is 11.4. The van der Waals surface area contributed by atoms with E-state index >= 15 is 0 Å².